The van der Waals surface area contributed by atoms with E-state index in [2.05, 4.69) is 54.6 Å². The summed E-state index contributed by atoms with van der Waals surface area (Å²) in [5, 5.41) is 6.49. The smallest absolute Gasteiger partial charge is 0.191 e. The average molecular weight is 307 g/mol. The van der Waals surface area contributed by atoms with Crippen molar-refractivity contribution in [1.82, 2.24) is 10.6 Å². The molecular weight excluding hydrogens is 278 g/mol. The number of hydrogen-bond donors (Lipinski definition) is 2. The Labute approximate surface area is 134 Å². The van der Waals surface area contributed by atoms with Gasteiger partial charge in [0.1, 0.15) is 12.4 Å². The molecule has 1 rings (SSSR count). The molecule has 0 amide bonds. The van der Waals surface area contributed by atoms with Gasteiger partial charge in [0.05, 0.1) is 6.54 Å². The standard InChI is InChI=1S/C17H29N3O2/c1-5-18-17(19-7-6-9-21-4)20-8-10-22-16-12-14(2)11-15(3)13-16/h11-13H,5-10H2,1-4H3,(H2,18,19,20). The van der Waals surface area contributed by atoms with E-state index in [1.54, 1.807) is 7.11 Å². The van der Waals surface area contributed by atoms with Crippen molar-refractivity contribution in [2.24, 2.45) is 4.99 Å². The van der Waals surface area contributed by atoms with Gasteiger partial charge < -0.3 is 20.1 Å². The minimum Gasteiger partial charge on any atom is -0.492 e. The Morgan fingerprint density at radius 2 is 1.82 bits per heavy atom. The van der Waals surface area contributed by atoms with Crippen molar-refractivity contribution in [1.29, 1.82) is 0 Å². The van der Waals surface area contributed by atoms with Crippen LogP contribution in [0.25, 0.3) is 0 Å². The van der Waals surface area contributed by atoms with Gasteiger partial charge in [0.2, 0.25) is 0 Å². The minimum atomic E-state index is 0.603. The largest absolute Gasteiger partial charge is 0.492 e. The average Bonchev–Trinajstić information content (AvgIpc) is 2.47. The van der Waals surface area contributed by atoms with Gasteiger partial charge >= 0.3 is 0 Å². The van der Waals surface area contributed by atoms with Gasteiger partial charge in [-0.3, -0.25) is 4.99 Å². The second kappa shape index (κ2) is 10.9. The Bertz CT molecular complexity index is 441. The molecule has 0 aliphatic carbocycles. The van der Waals surface area contributed by atoms with E-state index in [-0.39, 0.29) is 0 Å². The number of nitrogens with one attached hydrogen (secondary N) is 2. The van der Waals surface area contributed by atoms with Gasteiger partial charge in [0.15, 0.2) is 5.96 Å². The van der Waals surface area contributed by atoms with Gasteiger partial charge in [-0.05, 0) is 50.5 Å². The van der Waals surface area contributed by atoms with Crippen LogP contribution in [0.1, 0.15) is 24.5 Å². The SMILES string of the molecule is CCNC(=NCCCOC)NCCOc1cc(C)cc(C)c1. The Balaban J connectivity index is 2.32. The zero-order valence-electron chi connectivity index (χ0n) is 14.2. The minimum absolute atomic E-state index is 0.603. The fraction of sp³-hybridized carbons (Fsp3) is 0.588. The van der Waals surface area contributed by atoms with Gasteiger partial charge in [-0.25, -0.2) is 0 Å². The quantitative estimate of drug-likeness (QED) is 0.417. The summed E-state index contributed by atoms with van der Waals surface area (Å²) in [6, 6.07) is 6.25. The van der Waals surface area contributed by atoms with Crippen molar-refractivity contribution in [2.75, 3.05) is 40.0 Å². The maximum Gasteiger partial charge on any atom is 0.191 e. The van der Waals surface area contributed by atoms with Crippen LogP contribution in [-0.4, -0.2) is 45.9 Å². The van der Waals surface area contributed by atoms with Crippen molar-refractivity contribution in [2.45, 2.75) is 27.2 Å². The lowest BCUT2D eigenvalue weighted by Crippen LogP contribution is -2.39. The highest BCUT2D eigenvalue weighted by molar-refractivity contribution is 5.79. The molecule has 124 valence electrons. The van der Waals surface area contributed by atoms with E-state index in [0.29, 0.717) is 13.2 Å². The maximum absolute atomic E-state index is 5.77. The summed E-state index contributed by atoms with van der Waals surface area (Å²) in [5.74, 6) is 1.74. The molecule has 0 saturated heterocycles. The lowest BCUT2D eigenvalue weighted by Gasteiger charge is -2.12. The van der Waals surface area contributed by atoms with E-state index < -0.39 is 0 Å². The van der Waals surface area contributed by atoms with E-state index in [1.807, 2.05) is 0 Å². The Morgan fingerprint density at radius 1 is 1.09 bits per heavy atom. The summed E-state index contributed by atoms with van der Waals surface area (Å²) >= 11 is 0. The summed E-state index contributed by atoms with van der Waals surface area (Å²) in [5.41, 5.74) is 2.44. The van der Waals surface area contributed by atoms with Crippen LogP contribution in [0.15, 0.2) is 23.2 Å². The Hall–Kier alpha value is -1.75. The van der Waals surface area contributed by atoms with Gasteiger partial charge in [0, 0.05) is 26.8 Å². The lowest BCUT2D eigenvalue weighted by atomic mass is 10.1. The Kier molecular flexibility index (Phi) is 9.07. The van der Waals surface area contributed by atoms with Crippen molar-refractivity contribution >= 4 is 5.96 Å². The molecule has 0 aromatic heterocycles. The predicted octanol–water partition coefficient (Wildman–Crippen LogP) is 2.27. The van der Waals surface area contributed by atoms with Gasteiger partial charge in [-0.2, -0.15) is 0 Å². The van der Waals surface area contributed by atoms with Crippen LogP contribution >= 0.6 is 0 Å². The predicted molar refractivity (Wildman–Crippen MR) is 91.9 cm³/mol. The number of rotatable bonds is 9. The van der Waals surface area contributed by atoms with Crippen molar-refractivity contribution in [3.63, 3.8) is 0 Å². The second-order valence-corrected chi connectivity index (χ2v) is 5.21. The highest BCUT2D eigenvalue weighted by Crippen LogP contribution is 2.15. The highest BCUT2D eigenvalue weighted by atomic mass is 16.5. The van der Waals surface area contributed by atoms with Crippen LogP contribution in [0, 0.1) is 13.8 Å². The van der Waals surface area contributed by atoms with Crippen LogP contribution in [0.3, 0.4) is 0 Å². The number of guanidine groups is 1. The number of benzene rings is 1. The fourth-order valence-corrected chi connectivity index (χ4v) is 2.10. The zero-order chi connectivity index (χ0) is 16.2. The van der Waals surface area contributed by atoms with Gasteiger partial charge in [-0.15, -0.1) is 0 Å². The second-order valence-electron chi connectivity index (χ2n) is 5.21. The topological polar surface area (TPSA) is 54.9 Å². The maximum atomic E-state index is 5.77. The molecule has 0 saturated carbocycles. The van der Waals surface area contributed by atoms with E-state index >= 15 is 0 Å². The number of aliphatic imine (C=N–C) groups is 1. The van der Waals surface area contributed by atoms with Crippen LogP contribution < -0.4 is 15.4 Å². The molecule has 0 heterocycles. The van der Waals surface area contributed by atoms with Crippen molar-refractivity contribution in [3.05, 3.63) is 29.3 Å². The third-order valence-corrected chi connectivity index (χ3v) is 2.98. The normalized spacial score (nSPS) is 11.4. The van der Waals surface area contributed by atoms with Crippen LogP contribution in [0.2, 0.25) is 0 Å². The molecule has 0 aliphatic rings. The molecule has 5 nitrogen and oxygen atoms in total. The number of hydrogen-bond acceptors (Lipinski definition) is 3. The number of methoxy groups -OCH3 is 1. The molecular formula is C17H29N3O2. The van der Waals surface area contributed by atoms with E-state index in [1.165, 1.54) is 11.1 Å². The summed E-state index contributed by atoms with van der Waals surface area (Å²) in [6.45, 7) is 9.85. The molecule has 0 aliphatic heterocycles. The molecule has 22 heavy (non-hydrogen) atoms. The lowest BCUT2D eigenvalue weighted by molar-refractivity contribution is 0.197. The van der Waals surface area contributed by atoms with E-state index in [0.717, 1.165) is 37.8 Å². The van der Waals surface area contributed by atoms with Crippen LogP contribution in [-0.2, 0) is 4.74 Å². The molecule has 0 radical (unpaired) electrons. The summed E-state index contributed by atoms with van der Waals surface area (Å²) in [4.78, 5) is 4.48. The monoisotopic (exact) mass is 307 g/mol. The first kappa shape index (κ1) is 18.3. The van der Waals surface area contributed by atoms with Gasteiger partial charge in [-0.1, -0.05) is 6.07 Å². The first-order chi connectivity index (χ1) is 10.7. The molecule has 0 atom stereocenters. The summed E-state index contributed by atoms with van der Waals surface area (Å²) in [7, 11) is 1.71. The first-order valence-corrected chi connectivity index (χ1v) is 7.88. The van der Waals surface area contributed by atoms with Crippen molar-refractivity contribution < 1.29 is 9.47 Å². The fourth-order valence-electron chi connectivity index (χ4n) is 2.10. The number of ether oxygens (including phenoxy) is 2. The molecule has 0 spiro atoms. The van der Waals surface area contributed by atoms with Crippen LogP contribution in [0.4, 0.5) is 0 Å². The molecule has 1 aromatic carbocycles. The zero-order valence-corrected chi connectivity index (χ0v) is 14.2. The number of aryl methyl sites for hydroxylation is 2. The third-order valence-electron chi connectivity index (χ3n) is 2.98. The molecule has 0 unspecified atom stereocenters. The molecule has 0 fully saturated rings. The van der Waals surface area contributed by atoms with E-state index in [4.69, 9.17) is 9.47 Å². The number of nitrogens with zero attached hydrogens (tertiary/aromatic N) is 1. The van der Waals surface area contributed by atoms with Gasteiger partial charge in [0.25, 0.3) is 0 Å². The molecule has 5 heteroatoms. The van der Waals surface area contributed by atoms with Crippen molar-refractivity contribution in [3.8, 4) is 5.75 Å². The van der Waals surface area contributed by atoms with E-state index in [9.17, 15) is 0 Å². The summed E-state index contributed by atoms with van der Waals surface area (Å²) < 4.78 is 10.8. The molecule has 2 N–H and O–H groups in total. The first-order valence-electron chi connectivity index (χ1n) is 7.88. The molecule has 0 bridgehead atoms. The molecule has 1 aromatic rings. The highest BCUT2D eigenvalue weighted by Gasteiger charge is 1.99. The van der Waals surface area contributed by atoms with Crippen LogP contribution in [0.5, 0.6) is 5.75 Å². The summed E-state index contributed by atoms with van der Waals surface area (Å²) in [6.07, 6.45) is 0.923. The Morgan fingerprint density at radius 3 is 2.45 bits per heavy atom. The third kappa shape index (κ3) is 7.88.